The predicted octanol–water partition coefficient (Wildman–Crippen LogP) is 1.25. The summed E-state index contributed by atoms with van der Waals surface area (Å²) in [5.74, 6) is 1.30. The molecule has 1 aliphatic heterocycles. The summed E-state index contributed by atoms with van der Waals surface area (Å²) in [5, 5.41) is 3.83. The predicted molar refractivity (Wildman–Crippen MR) is 69.2 cm³/mol. The number of carbonyl (C=O) groups is 2. The maximum atomic E-state index is 11.3. The Morgan fingerprint density at radius 1 is 1.29 bits per heavy atom. The van der Waals surface area contributed by atoms with Gasteiger partial charge in [0.25, 0.3) is 0 Å². The molecule has 1 fully saturated rings. The molecule has 1 saturated heterocycles. The summed E-state index contributed by atoms with van der Waals surface area (Å²) in [6.45, 7) is 3.35. The second-order valence-electron chi connectivity index (χ2n) is 3.21. The molecule has 5 nitrogen and oxygen atoms in total. The number of esters is 1. The van der Waals surface area contributed by atoms with Crippen molar-refractivity contribution in [2.75, 3.05) is 29.8 Å². The van der Waals surface area contributed by atoms with Crippen LogP contribution in [-0.2, 0) is 14.3 Å². The number of carbonyl (C=O) groups excluding carboxylic acids is 2. The minimum atomic E-state index is -0.519. The number of hydrogen-bond donors (Lipinski definition) is 1. The van der Waals surface area contributed by atoms with E-state index >= 15 is 0 Å². The number of thioether (sulfide) groups is 2. The number of rotatable bonds is 5. The van der Waals surface area contributed by atoms with Gasteiger partial charge in [-0.15, -0.1) is 23.5 Å². The molecule has 7 heteroatoms. The van der Waals surface area contributed by atoms with Gasteiger partial charge in [0.1, 0.15) is 13.2 Å². The highest BCUT2D eigenvalue weighted by molar-refractivity contribution is 8.16. The van der Waals surface area contributed by atoms with Crippen molar-refractivity contribution >= 4 is 35.6 Å². The molecule has 0 aromatic carbocycles. The van der Waals surface area contributed by atoms with Crippen LogP contribution in [-0.4, -0.2) is 47.9 Å². The van der Waals surface area contributed by atoms with Gasteiger partial charge in [-0.2, -0.15) is 0 Å². The third-order valence-corrected chi connectivity index (χ3v) is 4.46. The van der Waals surface area contributed by atoms with Crippen molar-refractivity contribution in [3.05, 3.63) is 12.7 Å². The van der Waals surface area contributed by atoms with Gasteiger partial charge in [0.05, 0.1) is 6.04 Å². The maximum absolute atomic E-state index is 11.3. The van der Waals surface area contributed by atoms with Crippen LogP contribution in [0, 0.1) is 0 Å². The summed E-state index contributed by atoms with van der Waals surface area (Å²) < 4.78 is 9.52. The van der Waals surface area contributed by atoms with Gasteiger partial charge >= 0.3 is 12.1 Å². The molecule has 0 saturated carbocycles. The quantitative estimate of drug-likeness (QED) is 0.463. The molecule has 1 N–H and O–H groups in total. The summed E-state index contributed by atoms with van der Waals surface area (Å²) in [6.07, 6.45) is 0.601. The molecular formula is C10H15NO4S2. The Morgan fingerprint density at radius 3 is 2.59 bits per heavy atom. The highest BCUT2D eigenvalue weighted by Gasteiger charge is 2.16. The van der Waals surface area contributed by atoms with Gasteiger partial charge in [-0.05, 0) is 0 Å². The molecule has 0 atom stereocenters. The normalized spacial score (nSPS) is 16.0. The van der Waals surface area contributed by atoms with Gasteiger partial charge in [-0.3, -0.25) is 0 Å². The van der Waals surface area contributed by atoms with E-state index in [1.165, 1.54) is 0 Å². The number of ether oxygens (including phenoxy) is 2. The molecule has 0 bridgehead atoms. The first kappa shape index (κ1) is 14.2. The fourth-order valence-corrected chi connectivity index (χ4v) is 3.48. The van der Waals surface area contributed by atoms with E-state index in [0.717, 1.165) is 22.7 Å². The molecule has 1 amide bonds. The molecule has 0 unspecified atom stereocenters. The zero-order valence-corrected chi connectivity index (χ0v) is 11.0. The van der Waals surface area contributed by atoms with Gasteiger partial charge in [-0.25, -0.2) is 9.59 Å². The van der Waals surface area contributed by atoms with Crippen LogP contribution in [0.1, 0.15) is 0 Å². The number of hydrogen-bond acceptors (Lipinski definition) is 6. The Balaban J connectivity index is 2.04. The van der Waals surface area contributed by atoms with Crippen LogP contribution in [0.2, 0.25) is 0 Å². The van der Waals surface area contributed by atoms with Gasteiger partial charge in [0, 0.05) is 22.7 Å². The third-order valence-electron chi connectivity index (χ3n) is 1.85. The SMILES string of the molecule is C=CC(=O)OCCOC(=O)NC1CSCSC1. The lowest BCUT2D eigenvalue weighted by Gasteiger charge is -2.21. The lowest BCUT2D eigenvalue weighted by molar-refractivity contribution is -0.138. The van der Waals surface area contributed by atoms with Crippen LogP contribution in [0.3, 0.4) is 0 Å². The van der Waals surface area contributed by atoms with E-state index < -0.39 is 12.1 Å². The smallest absolute Gasteiger partial charge is 0.407 e. The first-order chi connectivity index (χ1) is 8.22. The van der Waals surface area contributed by atoms with Crippen molar-refractivity contribution in [1.29, 1.82) is 0 Å². The van der Waals surface area contributed by atoms with Crippen LogP contribution in [0.25, 0.3) is 0 Å². The minimum absolute atomic E-state index is 0.0481. The van der Waals surface area contributed by atoms with Gasteiger partial charge in [-0.1, -0.05) is 6.58 Å². The van der Waals surface area contributed by atoms with Gasteiger partial charge < -0.3 is 14.8 Å². The van der Waals surface area contributed by atoms with E-state index in [1.807, 2.05) is 0 Å². The van der Waals surface area contributed by atoms with Crippen LogP contribution >= 0.6 is 23.5 Å². The average Bonchev–Trinajstić information content (AvgIpc) is 2.35. The molecule has 1 aliphatic rings. The molecule has 0 spiro atoms. The van der Waals surface area contributed by atoms with Crippen LogP contribution in [0.15, 0.2) is 12.7 Å². The summed E-state index contributed by atoms with van der Waals surface area (Å²) in [4.78, 5) is 22.0. The monoisotopic (exact) mass is 277 g/mol. The Labute approximate surface area is 109 Å². The van der Waals surface area contributed by atoms with Crippen molar-refractivity contribution in [1.82, 2.24) is 5.32 Å². The minimum Gasteiger partial charge on any atom is -0.459 e. The summed E-state index contributed by atoms with van der Waals surface area (Å²) in [6, 6.07) is 0.155. The topological polar surface area (TPSA) is 64.6 Å². The molecule has 0 aromatic rings. The molecule has 0 aliphatic carbocycles. The number of nitrogens with one attached hydrogen (secondary N) is 1. The van der Waals surface area contributed by atoms with Crippen LogP contribution in [0.5, 0.6) is 0 Å². The highest BCUT2D eigenvalue weighted by Crippen LogP contribution is 2.21. The van der Waals surface area contributed by atoms with Gasteiger partial charge in [0.2, 0.25) is 0 Å². The molecule has 1 rings (SSSR count). The highest BCUT2D eigenvalue weighted by atomic mass is 32.2. The van der Waals surface area contributed by atoms with Crippen molar-refractivity contribution in [3.63, 3.8) is 0 Å². The van der Waals surface area contributed by atoms with Crippen molar-refractivity contribution < 1.29 is 19.1 Å². The van der Waals surface area contributed by atoms with E-state index in [-0.39, 0.29) is 19.3 Å². The second-order valence-corrected chi connectivity index (χ2v) is 5.63. The van der Waals surface area contributed by atoms with Crippen molar-refractivity contribution in [2.45, 2.75) is 6.04 Å². The molecule has 0 aromatic heterocycles. The van der Waals surface area contributed by atoms with E-state index in [0.29, 0.717) is 0 Å². The lowest BCUT2D eigenvalue weighted by Crippen LogP contribution is -2.40. The summed E-state index contributed by atoms with van der Waals surface area (Å²) in [5.41, 5.74) is 0. The number of amides is 1. The summed E-state index contributed by atoms with van der Waals surface area (Å²) >= 11 is 3.58. The van der Waals surface area contributed by atoms with Crippen LogP contribution in [0.4, 0.5) is 4.79 Å². The van der Waals surface area contributed by atoms with Gasteiger partial charge in [0.15, 0.2) is 0 Å². The van der Waals surface area contributed by atoms with Crippen molar-refractivity contribution in [3.8, 4) is 0 Å². The fraction of sp³-hybridized carbons (Fsp3) is 0.600. The zero-order chi connectivity index (χ0) is 12.5. The Hall–Kier alpha value is -0.820. The molecule has 0 radical (unpaired) electrons. The molecule has 96 valence electrons. The molecule has 1 heterocycles. The van der Waals surface area contributed by atoms with Crippen molar-refractivity contribution in [2.24, 2.45) is 0 Å². The molecular weight excluding hydrogens is 262 g/mol. The third kappa shape index (κ3) is 6.48. The largest absolute Gasteiger partial charge is 0.459 e. The lowest BCUT2D eigenvalue weighted by atomic mass is 10.4. The standard InChI is InChI=1S/C10H15NO4S2/c1-2-9(12)14-3-4-15-10(13)11-8-5-16-7-17-6-8/h2,8H,1,3-7H2,(H,11,13). The van der Waals surface area contributed by atoms with Crippen LogP contribution < -0.4 is 5.32 Å². The maximum Gasteiger partial charge on any atom is 0.407 e. The Morgan fingerprint density at radius 2 is 1.94 bits per heavy atom. The second kappa shape index (κ2) is 8.30. The van der Waals surface area contributed by atoms with E-state index in [2.05, 4.69) is 16.6 Å². The van der Waals surface area contributed by atoms with E-state index in [4.69, 9.17) is 4.74 Å². The zero-order valence-electron chi connectivity index (χ0n) is 9.35. The molecule has 17 heavy (non-hydrogen) atoms. The average molecular weight is 277 g/mol. The Kier molecular flexibility index (Phi) is 6.95. The first-order valence-corrected chi connectivity index (χ1v) is 7.41. The van der Waals surface area contributed by atoms with E-state index in [9.17, 15) is 9.59 Å². The number of alkyl carbamates (subject to hydrolysis) is 1. The Bertz CT molecular complexity index is 279. The first-order valence-electron chi connectivity index (χ1n) is 5.10. The van der Waals surface area contributed by atoms with E-state index in [1.54, 1.807) is 23.5 Å². The summed E-state index contributed by atoms with van der Waals surface area (Å²) in [7, 11) is 0. The fourth-order valence-electron chi connectivity index (χ4n) is 1.11.